The number of methoxy groups -OCH3 is 1. The topological polar surface area (TPSA) is 124 Å². The summed E-state index contributed by atoms with van der Waals surface area (Å²) in [6, 6.07) is 16.9. The second-order valence-corrected chi connectivity index (χ2v) is 14.7. The van der Waals surface area contributed by atoms with E-state index in [1.165, 1.54) is 12.7 Å². The summed E-state index contributed by atoms with van der Waals surface area (Å²) < 4.78 is 11.2. The van der Waals surface area contributed by atoms with Crippen molar-refractivity contribution in [2.75, 3.05) is 20.2 Å². The van der Waals surface area contributed by atoms with Crippen molar-refractivity contribution in [3.8, 4) is 28.1 Å². The van der Waals surface area contributed by atoms with Crippen molar-refractivity contribution in [3.63, 3.8) is 0 Å². The smallest absolute Gasteiger partial charge is 0.407 e. The maximum absolute atomic E-state index is 13.8. The van der Waals surface area contributed by atoms with Crippen LogP contribution in [0.4, 0.5) is 4.79 Å². The van der Waals surface area contributed by atoms with E-state index in [1.54, 1.807) is 0 Å². The Bertz CT molecular complexity index is 2080. The van der Waals surface area contributed by atoms with Crippen molar-refractivity contribution in [1.82, 2.24) is 30.5 Å². The van der Waals surface area contributed by atoms with Gasteiger partial charge in [-0.25, -0.2) is 9.78 Å². The van der Waals surface area contributed by atoms with Gasteiger partial charge in [-0.05, 0) is 83.5 Å². The quantitative estimate of drug-likeness (QED) is 0.152. The van der Waals surface area contributed by atoms with Gasteiger partial charge in [0.2, 0.25) is 5.91 Å². The van der Waals surface area contributed by atoms with Crippen molar-refractivity contribution < 1.29 is 19.1 Å². The molecule has 2 aromatic heterocycles. The molecular weight excluding hydrogens is 616 g/mol. The number of benzene rings is 3. The third-order valence-electron chi connectivity index (χ3n) is 10.6. The van der Waals surface area contributed by atoms with Gasteiger partial charge < -0.3 is 35.0 Å². The van der Waals surface area contributed by atoms with Crippen molar-refractivity contribution in [1.29, 1.82) is 0 Å². The van der Waals surface area contributed by atoms with Crippen LogP contribution in [-0.4, -0.2) is 58.1 Å². The number of imidazole rings is 1. The zero-order chi connectivity index (χ0) is 34.0. The minimum absolute atomic E-state index is 0.0841. The number of alkyl carbamates (subject to hydrolysis) is 1. The second kappa shape index (κ2) is 12.2. The molecule has 0 saturated carbocycles. The number of carbonyl (C=O) groups is 2. The third kappa shape index (κ3) is 5.61. The van der Waals surface area contributed by atoms with Gasteiger partial charge in [-0.3, -0.25) is 4.79 Å². The summed E-state index contributed by atoms with van der Waals surface area (Å²) in [5.74, 6) is 2.68. The van der Waals surface area contributed by atoms with E-state index < -0.39 is 12.1 Å². The van der Waals surface area contributed by atoms with Crippen LogP contribution in [0.2, 0.25) is 0 Å². The molecule has 0 aliphatic carbocycles. The third-order valence-corrected chi connectivity index (χ3v) is 10.6. The van der Waals surface area contributed by atoms with Crippen LogP contribution in [0, 0.1) is 17.8 Å². The lowest BCUT2D eigenvalue weighted by Gasteiger charge is -2.30. The van der Waals surface area contributed by atoms with E-state index in [4.69, 9.17) is 14.5 Å². The van der Waals surface area contributed by atoms with E-state index in [1.807, 2.05) is 24.9 Å². The fraction of sp³-hybridized carbons (Fsp3) is 0.410. The molecular formula is C39H44N6O4. The molecule has 0 unspecified atom stereocenters. The van der Waals surface area contributed by atoms with Crippen LogP contribution in [0.1, 0.15) is 69.7 Å². The average Bonchev–Trinajstić information content (AvgIpc) is 3.91. The summed E-state index contributed by atoms with van der Waals surface area (Å²) >= 11 is 0. The highest BCUT2D eigenvalue weighted by Gasteiger charge is 2.39. The predicted octanol–water partition coefficient (Wildman–Crippen LogP) is 7.23. The van der Waals surface area contributed by atoms with E-state index in [-0.39, 0.29) is 23.9 Å². The highest BCUT2D eigenvalue weighted by Crippen LogP contribution is 2.44. The number of H-pyrrole nitrogens is 2. The number of fused-ring (bicyclic) bond motifs is 6. The first-order valence-electron chi connectivity index (χ1n) is 17.5. The normalized spacial score (nSPS) is 22.3. The number of rotatable bonds is 6. The van der Waals surface area contributed by atoms with E-state index in [9.17, 15) is 9.59 Å². The SMILES string of the molecule is COC(=O)N[C@H](C(=O)N1C[C@@H](C)C[C@H]1c1cc2ccc3cc4c(cc3c2[nH]1)OCc1cc(-c2cnc([C@@H]3C[C@H](C)CN3)[nH]2)ccc1-4)C(C)C. The Morgan fingerprint density at radius 3 is 2.61 bits per heavy atom. The van der Waals surface area contributed by atoms with E-state index in [2.05, 4.69) is 83.0 Å². The Balaban J connectivity index is 1.09. The molecule has 5 atom stereocenters. The number of hydrogen-bond acceptors (Lipinski definition) is 6. The van der Waals surface area contributed by atoms with Gasteiger partial charge in [-0.15, -0.1) is 0 Å². The van der Waals surface area contributed by atoms with Gasteiger partial charge in [0.1, 0.15) is 24.2 Å². The zero-order valence-corrected chi connectivity index (χ0v) is 28.7. The molecule has 0 bridgehead atoms. The second-order valence-electron chi connectivity index (χ2n) is 14.7. The molecule has 10 nitrogen and oxygen atoms in total. The highest BCUT2D eigenvalue weighted by atomic mass is 16.5. The molecule has 2 amide bonds. The summed E-state index contributed by atoms with van der Waals surface area (Å²) in [5.41, 5.74) is 7.56. The zero-order valence-electron chi connectivity index (χ0n) is 28.7. The minimum atomic E-state index is -0.664. The van der Waals surface area contributed by atoms with Gasteiger partial charge in [0.15, 0.2) is 0 Å². The number of aromatic amines is 2. The number of likely N-dealkylation sites (tertiary alicyclic amines) is 1. The summed E-state index contributed by atoms with van der Waals surface area (Å²) in [5, 5.41) is 9.61. The number of ether oxygens (including phenoxy) is 2. The maximum Gasteiger partial charge on any atom is 0.407 e. The molecule has 254 valence electrons. The number of amides is 2. The maximum atomic E-state index is 13.8. The van der Waals surface area contributed by atoms with E-state index in [0.29, 0.717) is 25.0 Å². The van der Waals surface area contributed by atoms with Crippen molar-refractivity contribution in [3.05, 3.63) is 71.8 Å². The van der Waals surface area contributed by atoms with Crippen LogP contribution < -0.4 is 15.4 Å². The Morgan fingerprint density at radius 2 is 1.84 bits per heavy atom. The minimum Gasteiger partial charge on any atom is -0.488 e. The van der Waals surface area contributed by atoms with Gasteiger partial charge in [0.25, 0.3) is 0 Å². The van der Waals surface area contributed by atoms with Crippen LogP contribution in [0.3, 0.4) is 0 Å². The summed E-state index contributed by atoms with van der Waals surface area (Å²) in [4.78, 5) is 39.8. The van der Waals surface area contributed by atoms with Gasteiger partial charge in [-0.1, -0.05) is 52.0 Å². The van der Waals surface area contributed by atoms with E-state index in [0.717, 1.165) is 80.7 Å². The number of carbonyl (C=O) groups excluding carboxylic acids is 2. The lowest BCUT2D eigenvalue weighted by atomic mass is 9.92. The fourth-order valence-electron chi connectivity index (χ4n) is 8.03. The van der Waals surface area contributed by atoms with Crippen LogP contribution in [-0.2, 0) is 16.1 Å². The number of hydrogen-bond donors (Lipinski definition) is 4. The van der Waals surface area contributed by atoms with Gasteiger partial charge in [0.05, 0.1) is 36.6 Å². The largest absolute Gasteiger partial charge is 0.488 e. The first-order valence-corrected chi connectivity index (χ1v) is 17.5. The monoisotopic (exact) mass is 660 g/mol. The lowest BCUT2D eigenvalue weighted by Crippen LogP contribution is -2.51. The van der Waals surface area contributed by atoms with Gasteiger partial charge in [0, 0.05) is 28.6 Å². The van der Waals surface area contributed by atoms with Crippen LogP contribution in [0.15, 0.2) is 54.7 Å². The Hall–Kier alpha value is -4.83. The number of aromatic nitrogens is 3. The van der Waals surface area contributed by atoms with Crippen molar-refractivity contribution in [2.24, 2.45) is 17.8 Å². The fourth-order valence-corrected chi connectivity index (χ4v) is 8.03. The van der Waals surface area contributed by atoms with Gasteiger partial charge >= 0.3 is 6.09 Å². The number of nitrogens with zero attached hydrogens (tertiary/aromatic N) is 2. The molecule has 2 saturated heterocycles. The molecule has 0 spiro atoms. The first kappa shape index (κ1) is 31.4. The Labute approximate surface area is 286 Å². The molecule has 4 N–H and O–H groups in total. The molecule has 49 heavy (non-hydrogen) atoms. The molecule has 3 aromatic carbocycles. The van der Waals surface area contributed by atoms with Crippen molar-refractivity contribution >= 4 is 33.7 Å². The van der Waals surface area contributed by atoms with Crippen LogP contribution in [0.5, 0.6) is 5.75 Å². The molecule has 5 aromatic rings. The molecule has 10 heteroatoms. The summed E-state index contributed by atoms with van der Waals surface area (Å²) in [7, 11) is 1.32. The molecule has 8 rings (SSSR count). The predicted molar refractivity (Wildman–Crippen MR) is 190 cm³/mol. The summed E-state index contributed by atoms with van der Waals surface area (Å²) in [6.07, 6.45) is 3.28. The Kier molecular flexibility index (Phi) is 7.86. The van der Waals surface area contributed by atoms with Gasteiger partial charge in [-0.2, -0.15) is 0 Å². The number of nitrogens with one attached hydrogen (secondary N) is 4. The molecule has 3 aliphatic rings. The Morgan fingerprint density at radius 1 is 1.00 bits per heavy atom. The van der Waals surface area contributed by atoms with Crippen LogP contribution in [0.25, 0.3) is 44.1 Å². The van der Waals surface area contributed by atoms with Crippen LogP contribution >= 0.6 is 0 Å². The van der Waals surface area contributed by atoms with E-state index >= 15 is 0 Å². The van der Waals surface area contributed by atoms with Crippen molar-refractivity contribution in [2.45, 2.75) is 65.3 Å². The average molecular weight is 661 g/mol. The molecule has 2 fully saturated rings. The molecule has 0 radical (unpaired) electrons. The molecule has 5 heterocycles. The molecule has 3 aliphatic heterocycles. The first-order chi connectivity index (χ1) is 23.7. The highest BCUT2D eigenvalue weighted by molar-refractivity contribution is 6.08. The standard InChI is InChI=1S/C39H44N6O4/c1-20(2)35(44-39(47)48-5)38(46)45-18-22(4)11-33(45)30-14-25-7-6-23-13-29-27-9-8-24(32-17-41-37(43-32)31-10-21(3)16-40-31)12-26(27)19-49-34(29)15-28(23)36(25)42-30/h6-9,12-15,17,20-22,31,33,35,40,42H,10-11,16,18-19H2,1-5H3,(H,41,43)(H,44,47)/t21-,22-,31-,33-,35-/m0/s1. The summed E-state index contributed by atoms with van der Waals surface area (Å²) in [6.45, 7) is 10.5. The lowest BCUT2D eigenvalue weighted by molar-refractivity contribution is -0.135.